The summed E-state index contributed by atoms with van der Waals surface area (Å²) in [7, 11) is 0. The van der Waals surface area contributed by atoms with Crippen LogP contribution in [0.3, 0.4) is 0 Å². The third-order valence-electron chi connectivity index (χ3n) is 3.13. The number of hydrogen-bond donors (Lipinski definition) is 1. The fourth-order valence-corrected chi connectivity index (χ4v) is 2.34. The van der Waals surface area contributed by atoms with Gasteiger partial charge in [-0.15, -0.1) is 0 Å². The van der Waals surface area contributed by atoms with E-state index in [0.29, 0.717) is 18.8 Å². The first-order valence-corrected chi connectivity index (χ1v) is 6.07. The number of ether oxygens (including phenoxy) is 2. The first kappa shape index (κ1) is 11.4. The van der Waals surface area contributed by atoms with Gasteiger partial charge in [-0.05, 0) is 40.0 Å². The van der Waals surface area contributed by atoms with E-state index in [2.05, 4.69) is 26.1 Å². The molecule has 1 aliphatic heterocycles. The third kappa shape index (κ3) is 3.16. The summed E-state index contributed by atoms with van der Waals surface area (Å²) in [5.41, 5.74) is -0.0596. The van der Waals surface area contributed by atoms with E-state index in [-0.39, 0.29) is 11.7 Å². The molecule has 0 aromatic heterocycles. The van der Waals surface area contributed by atoms with Gasteiger partial charge in [0.15, 0.2) is 0 Å². The lowest BCUT2D eigenvalue weighted by atomic mass is 10.1. The Morgan fingerprint density at radius 3 is 2.87 bits per heavy atom. The quantitative estimate of drug-likeness (QED) is 0.757. The van der Waals surface area contributed by atoms with Crippen molar-refractivity contribution in [1.29, 1.82) is 0 Å². The van der Waals surface area contributed by atoms with Crippen LogP contribution >= 0.6 is 0 Å². The van der Waals surface area contributed by atoms with Crippen molar-refractivity contribution in [3.63, 3.8) is 0 Å². The van der Waals surface area contributed by atoms with E-state index in [1.54, 1.807) is 0 Å². The maximum Gasteiger partial charge on any atom is 0.0937 e. The molecule has 3 heteroatoms. The van der Waals surface area contributed by atoms with Gasteiger partial charge in [-0.2, -0.15) is 0 Å². The zero-order valence-electron chi connectivity index (χ0n) is 10.1. The molecule has 15 heavy (non-hydrogen) atoms. The van der Waals surface area contributed by atoms with E-state index >= 15 is 0 Å². The highest BCUT2D eigenvalue weighted by Crippen LogP contribution is 2.26. The van der Waals surface area contributed by atoms with E-state index in [0.717, 1.165) is 6.54 Å². The van der Waals surface area contributed by atoms with Gasteiger partial charge >= 0.3 is 0 Å². The SMILES string of the molecule is CC(C)(C)OC[C@H]1CN[C@@H]2CCC[C@@H]2O1. The molecule has 1 aliphatic carbocycles. The molecule has 2 rings (SSSR count). The van der Waals surface area contributed by atoms with E-state index in [9.17, 15) is 0 Å². The molecule has 1 saturated heterocycles. The third-order valence-corrected chi connectivity index (χ3v) is 3.13. The minimum absolute atomic E-state index is 0.0596. The molecule has 0 spiro atoms. The molecule has 0 aromatic carbocycles. The Morgan fingerprint density at radius 2 is 2.13 bits per heavy atom. The minimum atomic E-state index is -0.0596. The summed E-state index contributed by atoms with van der Waals surface area (Å²) in [5, 5.41) is 3.56. The van der Waals surface area contributed by atoms with Crippen LogP contribution in [-0.2, 0) is 9.47 Å². The van der Waals surface area contributed by atoms with Crippen molar-refractivity contribution < 1.29 is 9.47 Å². The minimum Gasteiger partial charge on any atom is -0.373 e. The predicted molar refractivity (Wildman–Crippen MR) is 60.0 cm³/mol. The number of morpholine rings is 1. The number of rotatable bonds is 2. The topological polar surface area (TPSA) is 30.5 Å². The molecule has 0 amide bonds. The number of nitrogens with one attached hydrogen (secondary N) is 1. The summed E-state index contributed by atoms with van der Waals surface area (Å²) < 4.78 is 11.8. The van der Waals surface area contributed by atoms with Crippen molar-refractivity contribution in [2.24, 2.45) is 0 Å². The smallest absolute Gasteiger partial charge is 0.0937 e. The molecule has 3 nitrogen and oxygen atoms in total. The number of fused-ring (bicyclic) bond motifs is 1. The lowest BCUT2D eigenvalue weighted by Crippen LogP contribution is -2.51. The van der Waals surface area contributed by atoms with Crippen molar-refractivity contribution in [2.75, 3.05) is 13.2 Å². The molecular weight excluding hydrogens is 190 g/mol. The van der Waals surface area contributed by atoms with Crippen LogP contribution in [0.1, 0.15) is 40.0 Å². The second-order valence-corrected chi connectivity index (χ2v) is 5.67. The molecule has 1 N–H and O–H groups in total. The summed E-state index contributed by atoms with van der Waals surface area (Å²) in [6, 6.07) is 0.607. The molecular formula is C12H23NO2. The van der Waals surface area contributed by atoms with Crippen LogP contribution in [0.5, 0.6) is 0 Å². The average molecular weight is 213 g/mol. The van der Waals surface area contributed by atoms with E-state index in [1.165, 1.54) is 19.3 Å². The van der Waals surface area contributed by atoms with Gasteiger partial charge in [-0.1, -0.05) is 0 Å². The molecule has 0 aromatic rings. The van der Waals surface area contributed by atoms with E-state index in [1.807, 2.05) is 0 Å². The van der Waals surface area contributed by atoms with Crippen molar-refractivity contribution in [1.82, 2.24) is 5.32 Å². The second-order valence-electron chi connectivity index (χ2n) is 5.67. The monoisotopic (exact) mass is 213 g/mol. The Labute approximate surface area is 92.5 Å². The highest BCUT2D eigenvalue weighted by Gasteiger charge is 2.34. The van der Waals surface area contributed by atoms with Crippen molar-refractivity contribution in [2.45, 2.75) is 63.9 Å². The van der Waals surface area contributed by atoms with Crippen LogP contribution in [-0.4, -0.2) is 37.0 Å². The fourth-order valence-electron chi connectivity index (χ4n) is 2.34. The predicted octanol–water partition coefficient (Wildman–Crippen LogP) is 1.71. The van der Waals surface area contributed by atoms with Gasteiger partial charge in [0.1, 0.15) is 0 Å². The van der Waals surface area contributed by atoms with Gasteiger partial charge in [0.25, 0.3) is 0 Å². The molecule has 1 heterocycles. The maximum atomic E-state index is 6.02. The molecule has 0 unspecified atom stereocenters. The number of hydrogen-bond acceptors (Lipinski definition) is 3. The van der Waals surface area contributed by atoms with Gasteiger partial charge in [0.2, 0.25) is 0 Å². The van der Waals surface area contributed by atoms with Crippen LogP contribution in [0, 0.1) is 0 Å². The highest BCUT2D eigenvalue weighted by atomic mass is 16.6. The van der Waals surface area contributed by atoms with Crippen LogP contribution in [0.2, 0.25) is 0 Å². The Kier molecular flexibility index (Phi) is 3.33. The summed E-state index contributed by atoms with van der Waals surface area (Å²) in [4.78, 5) is 0. The first-order valence-electron chi connectivity index (χ1n) is 6.07. The van der Waals surface area contributed by atoms with Crippen LogP contribution in [0.25, 0.3) is 0 Å². The molecule has 1 saturated carbocycles. The summed E-state index contributed by atoms with van der Waals surface area (Å²) in [6.45, 7) is 7.90. The maximum absolute atomic E-state index is 6.02. The molecule has 2 fully saturated rings. The van der Waals surface area contributed by atoms with Gasteiger partial charge < -0.3 is 14.8 Å². The summed E-state index contributed by atoms with van der Waals surface area (Å²) in [5.74, 6) is 0. The highest BCUT2D eigenvalue weighted by molar-refractivity contribution is 4.89. The van der Waals surface area contributed by atoms with Crippen LogP contribution < -0.4 is 5.32 Å². The Morgan fingerprint density at radius 1 is 1.33 bits per heavy atom. The van der Waals surface area contributed by atoms with Gasteiger partial charge in [0.05, 0.1) is 24.4 Å². The fraction of sp³-hybridized carbons (Fsp3) is 1.00. The largest absolute Gasteiger partial charge is 0.373 e. The van der Waals surface area contributed by atoms with Gasteiger partial charge in [-0.3, -0.25) is 0 Å². The van der Waals surface area contributed by atoms with Gasteiger partial charge in [-0.25, -0.2) is 0 Å². The Bertz CT molecular complexity index is 212. The zero-order chi connectivity index (χ0) is 10.9. The van der Waals surface area contributed by atoms with Gasteiger partial charge in [0, 0.05) is 12.6 Å². The molecule has 3 atom stereocenters. The lowest BCUT2D eigenvalue weighted by molar-refractivity contribution is -0.114. The Balaban J connectivity index is 1.75. The standard InChI is InChI=1S/C12H23NO2/c1-12(2,3)14-8-9-7-13-10-5-4-6-11(10)15-9/h9-11,13H,4-8H2,1-3H3/t9-,10-,11+/m1/s1. The lowest BCUT2D eigenvalue weighted by Gasteiger charge is -2.34. The molecule has 88 valence electrons. The summed E-state index contributed by atoms with van der Waals surface area (Å²) >= 11 is 0. The second kappa shape index (κ2) is 4.40. The zero-order valence-corrected chi connectivity index (χ0v) is 10.1. The first-order chi connectivity index (χ1) is 7.04. The summed E-state index contributed by atoms with van der Waals surface area (Å²) in [6.07, 6.45) is 4.46. The normalized spacial score (nSPS) is 36.6. The van der Waals surface area contributed by atoms with Crippen molar-refractivity contribution in [3.8, 4) is 0 Å². The van der Waals surface area contributed by atoms with Crippen LogP contribution in [0.4, 0.5) is 0 Å². The Hall–Kier alpha value is -0.120. The van der Waals surface area contributed by atoms with Crippen molar-refractivity contribution in [3.05, 3.63) is 0 Å². The molecule has 0 radical (unpaired) electrons. The molecule has 2 aliphatic rings. The van der Waals surface area contributed by atoms with E-state index in [4.69, 9.17) is 9.47 Å². The van der Waals surface area contributed by atoms with Crippen LogP contribution in [0.15, 0.2) is 0 Å². The average Bonchev–Trinajstić information content (AvgIpc) is 2.60. The van der Waals surface area contributed by atoms with Crippen molar-refractivity contribution >= 4 is 0 Å². The van der Waals surface area contributed by atoms with E-state index < -0.39 is 0 Å². The molecule has 0 bridgehead atoms.